The summed E-state index contributed by atoms with van der Waals surface area (Å²) in [6.07, 6.45) is 0. The van der Waals surface area contributed by atoms with Crippen LogP contribution in [0.25, 0.3) is 0 Å². The van der Waals surface area contributed by atoms with Gasteiger partial charge in [-0.15, -0.1) is 0 Å². The molecule has 0 amide bonds. The first-order valence-corrected chi connectivity index (χ1v) is 6.44. The molecule has 0 aromatic heterocycles. The Labute approximate surface area is 114 Å². The van der Waals surface area contributed by atoms with E-state index in [0.29, 0.717) is 12.3 Å². The van der Waals surface area contributed by atoms with Gasteiger partial charge in [0.2, 0.25) is 0 Å². The highest BCUT2D eigenvalue weighted by Crippen LogP contribution is 2.31. The van der Waals surface area contributed by atoms with Crippen LogP contribution in [0.4, 0.5) is 17.1 Å². The first kappa shape index (κ1) is 13.3. The van der Waals surface area contributed by atoms with E-state index < -0.39 is 0 Å². The molecule has 0 heterocycles. The van der Waals surface area contributed by atoms with Gasteiger partial charge in [-0.05, 0) is 31.5 Å². The van der Waals surface area contributed by atoms with Gasteiger partial charge in [0.25, 0.3) is 0 Å². The first-order valence-electron chi connectivity index (χ1n) is 6.44. The van der Waals surface area contributed by atoms with Crippen LogP contribution in [0.1, 0.15) is 12.5 Å². The summed E-state index contributed by atoms with van der Waals surface area (Å²) < 4.78 is 5.54. The summed E-state index contributed by atoms with van der Waals surface area (Å²) in [5.74, 6) is 0.804. The van der Waals surface area contributed by atoms with Gasteiger partial charge < -0.3 is 15.4 Å². The molecule has 0 aliphatic rings. The van der Waals surface area contributed by atoms with Crippen LogP contribution in [0.3, 0.4) is 0 Å². The van der Waals surface area contributed by atoms with Crippen molar-refractivity contribution in [2.75, 3.05) is 24.3 Å². The molecule has 0 saturated carbocycles. The second kappa shape index (κ2) is 5.65. The van der Waals surface area contributed by atoms with Crippen molar-refractivity contribution in [2.24, 2.45) is 0 Å². The van der Waals surface area contributed by atoms with E-state index in [4.69, 9.17) is 10.5 Å². The maximum Gasteiger partial charge on any atom is 0.123 e. The van der Waals surface area contributed by atoms with Crippen molar-refractivity contribution < 1.29 is 4.74 Å². The van der Waals surface area contributed by atoms with Crippen LogP contribution < -0.4 is 15.4 Å². The van der Waals surface area contributed by atoms with Crippen LogP contribution in [-0.4, -0.2) is 13.7 Å². The molecule has 0 aliphatic carbocycles. The molecule has 3 heteroatoms. The number of rotatable bonds is 4. The van der Waals surface area contributed by atoms with Crippen molar-refractivity contribution >= 4 is 17.1 Å². The zero-order valence-electron chi connectivity index (χ0n) is 11.7. The van der Waals surface area contributed by atoms with Crippen molar-refractivity contribution in [1.82, 2.24) is 0 Å². The SMILES string of the molecule is CCOc1cc(N)cc(N(C)c2ccccc2C)c1. The number of hydrogen-bond donors (Lipinski definition) is 1. The minimum atomic E-state index is 0.636. The van der Waals surface area contributed by atoms with Gasteiger partial charge in [-0.3, -0.25) is 0 Å². The highest BCUT2D eigenvalue weighted by atomic mass is 16.5. The molecule has 0 radical (unpaired) electrons. The summed E-state index contributed by atoms with van der Waals surface area (Å²) in [4.78, 5) is 2.12. The number of anilines is 3. The maximum atomic E-state index is 5.94. The minimum absolute atomic E-state index is 0.636. The Morgan fingerprint density at radius 1 is 1.16 bits per heavy atom. The summed E-state index contributed by atoms with van der Waals surface area (Å²) in [5, 5.41) is 0. The maximum absolute atomic E-state index is 5.94. The number of nitrogens with zero attached hydrogens (tertiary/aromatic N) is 1. The van der Waals surface area contributed by atoms with Gasteiger partial charge in [0, 0.05) is 36.2 Å². The van der Waals surface area contributed by atoms with E-state index in [0.717, 1.165) is 17.1 Å². The molecule has 2 aromatic rings. The summed E-state index contributed by atoms with van der Waals surface area (Å²) in [5.41, 5.74) is 10.1. The highest BCUT2D eigenvalue weighted by molar-refractivity contribution is 5.70. The van der Waals surface area contributed by atoms with E-state index in [1.54, 1.807) is 0 Å². The smallest absolute Gasteiger partial charge is 0.123 e. The second-order valence-corrected chi connectivity index (χ2v) is 4.54. The van der Waals surface area contributed by atoms with E-state index >= 15 is 0 Å². The monoisotopic (exact) mass is 256 g/mol. The number of ether oxygens (including phenoxy) is 1. The Morgan fingerprint density at radius 2 is 1.89 bits per heavy atom. The topological polar surface area (TPSA) is 38.5 Å². The van der Waals surface area contributed by atoms with Gasteiger partial charge in [0.1, 0.15) is 5.75 Å². The number of aryl methyl sites for hydroxylation is 1. The second-order valence-electron chi connectivity index (χ2n) is 4.54. The highest BCUT2D eigenvalue weighted by Gasteiger charge is 2.08. The first-order chi connectivity index (χ1) is 9.11. The molecule has 0 saturated heterocycles. The number of benzene rings is 2. The fourth-order valence-corrected chi connectivity index (χ4v) is 2.13. The number of nitrogen functional groups attached to an aromatic ring is 1. The zero-order chi connectivity index (χ0) is 13.8. The van der Waals surface area contributed by atoms with Gasteiger partial charge in [0.05, 0.1) is 6.61 Å². The van der Waals surface area contributed by atoms with Crippen LogP contribution in [0.5, 0.6) is 5.75 Å². The predicted molar refractivity (Wildman–Crippen MR) is 81.3 cm³/mol. The largest absolute Gasteiger partial charge is 0.494 e. The standard InChI is InChI=1S/C16H20N2O/c1-4-19-15-10-13(17)9-14(11-15)18(3)16-8-6-5-7-12(16)2/h5-11H,4,17H2,1-3H3. The Kier molecular flexibility index (Phi) is 3.95. The van der Waals surface area contributed by atoms with Crippen LogP contribution in [-0.2, 0) is 0 Å². The molecule has 3 nitrogen and oxygen atoms in total. The van der Waals surface area contributed by atoms with Crippen LogP contribution in [0.15, 0.2) is 42.5 Å². The third kappa shape index (κ3) is 2.99. The van der Waals surface area contributed by atoms with Gasteiger partial charge in [0.15, 0.2) is 0 Å². The van der Waals surface area contributed by atoms with Crippen LogP contribution in [0, 0.1) is 6.92 Å². The van der Waals surface area contributed by atoms with Gasteiger partial charge in [-0.2, -0.15) is 0 Å². The number of hydrogen-bond acceptors (Lipinski definition) is 3. The molecule has 0 fully saturated rings. The van der Waals surface area contributed by atoms with Crippen molar-refractivity contribution in [3.05, 3.63) is 48.0 Å². The van der Waals surface area contributed by atoms with E-state index in [-0.39, 0.29) is 0 Å². The molecule has 0 aliphatic heterocycles. The van der Waals surface area contributed by atoms with Crippen LogP contribution in [0.2, 0.25) is 0 Å². The average molecular weight is 256 g/mol. The Bertz CT molecular complexity index is 566. The molecule has 0 bridgehead atoms. The van der Waals surface area contributed by atoms with E-state index in [1.807, 2.05) is 44.3 Å². The van der Waals surface area contributed by atoms with E-state index in [9.17, 15) is 0 Å². The normalized spacial score (nSPS) is 10.3. The molecule has 0 atom stereocenters. The zero-order valence-corrected chi connectivity index (χ0v) is 11.7. The van der Waals surface area contributed by atoms with Gasteiger partial charge in [-0.25, -0.2) is 0 Å². The minimum Gasteiger partial charge on any atom is -0.494 e. The van der Waals surface area contributed by atoms with Crippen molar-refractivity contribution in [2.45, 2.75) is 13.8 Å². The lowest BCUT2D eigenvalue weighted by molar-refractivity contribution is 0.340. The van der Waals surface area contributed by atoms with Crippen molar-refractivity contribution in [3.8, 4) is 5.75 Å². The lowest BCUT2D eigenvalue weighted by Crippen LogP contribution is -2.11. The fraction of sp³-hybridized carbons (Fsp3) is 0.250. The fourth-order valence-electron chi connectivity index (χ4n) is 2.13. The van der Waals surface area contributed by atoms with E-state index in [2.05, 4.69) is 24.0 Å². The Balaban J connectivity index is 2.38. The Hall–Kier alpha value is -2.16. The molecular weight excluding hydrogens is 236 g/mol. The predicted octanol–water partition coefficient (Wildman–Crippen LogP) is 3.74. The van der Waals surface area contributed by atoms with Crippen molar-refractivity contribution in [3.63, 3.8) is 0 Å². The number of nitrogens with two attached hydrogens (primary N) is 1. The molecule has 2 aromatic carbocycles. The average Bonchev–Trinajstić information content (AvgIpc) is 2.38. The lowest BCUT2D eigenvalue weighted by Gasteiger charge is -2.22. The summed E-state index contributed by atoms with van der Waals surface area (Å²) in [6.45, 7) is 4.70. The molecular formula is C16H20N2O. The van der Waals surface area contributed by atoms with Gasteiger partial charge >= 0.3 is 0 Å². The molecule has 2 rings (SSSR count). The summed E-state index contributed by atoms with van der Waals surface area (Å²) in [7, 11) is 2.03. The van der Waals surface area contributed by atoms with Crippen LogP contribution >= 0.6 is 0 Å². The molecule has 0 spiro atoms. The van der Waals surface area contributed by atoms with Gasteiger partial charge in [-0.1, -0.05) is 18.2 Å². The third-order valence-electron chi connectivity index (χ3n) is 3.09. The summed E-state index contributed by atoms with van der Waals surface area (Å²) >= 11 is 0. The molecule has 19 heavy (non-hydrogen) atoms. The summed E-state index contributed by atoms with van der Waals surface area (Å²) in [6, 6.07) is 14.1. The molecule has 2 N–H and O–H groups in total. The lowest BCUT2D eigenvalue weighted by atomic mass is 10.1. The quantitative estimate of drug-likeness (QED) is 0.847. The Morgan fingerprint density at radius 3 is 2.58 bits per heavy atom. The van der Waals surface area contributed by atoms with Crippen molar-refractivity contribution in [1.29, 1.82) is 0 Å². The third-order valence-corrected chi connectivity index (χ3v) is 3.09. The molecule has 0 unspecified atom stereocenters. The number of para-hydroxylation sites is 1. The molecule has 100 valence electrons. The van der Waals surface area contributed by atoms with E-state index in [1.165, 1.54) is 5.56 Å².